The van der Waals surface area contributed by atoms with Crippen LogP contribution < -0.4 is 10.2 Å². The van der Waals surface area contributed by atoms with E-state index in [2.05, 4.69) is 25.4 Å². The fraction of sp³-hybridized carbons (Fsp3) is 0.500. The van der Waals surface area contributed by atoms with Crippen LogP contribution in [0.4, 0.5) is 24.1 Å². The molecule has 3 rings (SSSR count). The third-order valence-corrected chi connectivity index (χ3v) is 4.61. The first kappa shape index (κ1) is 16.0. The van der Waals surface area contributed by atoms with Crippen LogP contribution in [0.5, 0.6) is 0 Å². The Morgan fingerprint density at radius 3 is 2.52 bits per heavy atom. The predicted molar refractivity (Wildman–Crippen MR) is 82.7 cm³/mol. The van der Waals surface area contributed by atoms with E-state index in [9.17, 15) is 13.2 Å². The second kappa shape index (κ2) is 6.31. The molecule has 124 valence electrons. The molecule has 0 saturated carbocycles. The van der Waals surface area contributed by atoms with Gasteiger partial charge in [-0.1, -0.05) is 17.4 Å². The van der Waals surface area contributed by atoms with Crippen molar-refractivity contribution in [3.63, 3.8) is 0 Å². The summed E-state index contributed by atoms with van der Waals surface area (Å²) in [5, 5.41) is 9.12. The SMILES string of the molecule is Cc1ccc(N2CCC(Nc3nnc(C(F)(F)F)s3)CC2)nc1. The monoisotopic (exact) mass is 343 g/mol. The molecule has 0 atom stereocenters. The van der Waals surface area contributed by atoms with Crippen molar-refractivity contribution >= 4 is 22.3 Å². The minimum Gasteiger partial charge on any atom is -0.357 e. The van der Waals surface area contributed by atoms with Gasteiger partial charge in [0.25, 0.3) is 0 Å². The van der Waals surface area contributed by atoms with Gasteiger partial charge in [-0.25, -0.2) is 4.98 Å². The maximum Gasteiger partial charge on any atom is 0.445 e. The van der Waals surface area contributed by atoms with Crippen LogP contribution >= 0.6 is 11.3 Å². The molecule has 0 aromatic carbocycles. The van der Waals surface area contributed by atoms with E-state index in [1.54, 1.807) is 0 Å². The fourth-order valence-electron chi connectivity index (χ4n) is 2.47. The fourth-order valence-corrected chi connectivity index (χ4v) is 3.16. The Kier molecular flexibility index (Phi) is 4.38. The third kappa shape index (κ3) is 3.90. The maximum absolute atomic E-state index is 12.5. The van der Waals surface area contributed by atoms with E-state index in [-0.39, 0.29) is 11.2 Å². The first-order chi connectivity index (χ1) is 10.9. The standard InChI is InChI=1S/C14H16F3N5S/c1-9-2-3-11(18-8-9)22-6-4-10(5-7-22)19-13-21-20-12(23-13)14(15,16)17/h2-3,8,10H,4-7H2,1H3,(H,19,21). The molecule has 1 N–H and O–H groups in total. The van der Waals surface area contributed by atoms with Crippen LogP contribution in [0.3, 0.4) is 0 Å². The van der Waals surface area contributed by atoms with E-state index in [4.69, 9.17) is 0 Å². The van der Waals surface area contributed by atoms with E-state index in [0.717, 1.165) is 37.3 Å². The Morgan fingerprint density at radius 2 is 1.96 bits per heavy atom. The molecule has 1 fully saturated rings. The zero-order valence-electron chi connectivity index (χ0n) is 12.5. The van der Waals surface area contributed by atoms with E-state index >= 15 is 0 Å². The second-order valence-electron chi connectivity index (χ2n) is 5.51. The van der Waals surface area contributed by atoms with Crippen LogP contribution in [-0.4, -0.2) is 34.3 Å². The summed E-state index contributed by atoms with van der Waals surface area (Å²) in [6, 6.07) is 4.11. The molecule has 1 aliphatic rings. The van der Waals surface area contributed by atoms with Crippen molar-refractivity contribution in [1.82, 2.24) is 15.2 Å². The summed E-state index contributed by atoms with van der Waals surface area (Å²) in [7, 11) is 0. The maximum atomic E-state index is 12.5. The number of halogens is 3. The lowest BCUT2D eigenvalue weighted by atomic mass is 10.1. The Labute approximate surface area is 135 Å². The lowest BCUT2D eigenvalue weighted by Gasteiger charge is -2.33. The number of aryl methyl sites for hydroxylation is 1. The van der Waals surface area contributed by atoms with Gasteiger partial charge in [-0.15, -0.1) is 10.2 Å². The number of nitrogens with one attached hydrogen (secondary N) is 1. The summed E-state index contributed by atoms with van der Waals surface area (Å²) in [6.45, 7) is 3.60. The van der Waals surface area contributed by atoms with Crippen LogP contribution in [0.2, 0.25) is 0 Å². The van der Waals surface area contributed by atoms with Gasteiger partial charge in [0.05, 0.1) is 0 Å². The summed E-state index contributed by atoms with van der Waals surface area (Å²) in [5.41, 5.74) is 1.11. The Bertz CT molecular complexity index is 647. The number of rotatable bonds is 3. The quantitative estimate of drug-likeness (QED) is 0.926. The predicted octanol–water partition coefficient (Wildman–Crippen LogP) is 3.34. The summed E-state index contributed by atoms with van der Waals surface area (Å²) < 4.78 is 37.5. The normalized spacial score (nSPS) is 16.6. The van der Waals surface area contributed by atoms with Crippen LogP contribution in [0.25, 0.3) is 0 Å². The Hall–Kier alpha value is -1.90. The molecule has 2 aromatic rings. The first-order valence-corrected chi connectivity index (χ1v) is 8.08. The number of alkyl halides is 3. The number of hydrogen-bond acceptors (Lipinski definition) is 6. The second-order valence-corrected chi connectivity index (χ2v) is 6.49. The van der Waals surface area contributed by atoms with E-state index < -0.39 is 11.2 Å². The van der Waals surface area contributed by atoms with Crippen molar-refractivity contribution in [3.05, 3.63) is 28.9 Å². The molecule has 0 bridgehead atoms. The van der Waals surface area contributed by atoms with Crippen LogP contribution in [0.1, 0.15) is 23.4 Å². The molecule has 9 heteroatoms. The molecule has 2 aromatic heterocycles. The van der Waals surface area contributed by atoms with Crippen molar-refractivity contribution < 1.29 is 13.2 Å². The highest BCUT2D eigenvalue weighted by atomic mass is 32.1. The van der Waals surface area contributed by atoms with Gasteiger partial charge >= 0.3 is 6.18 Å². The van der Waals surface area contributed by atoms with Crippen molar-refractivity contribution in [2.75, 3.05) is 23.3 Å². The third-order valence-electron chi connectivity index (χ3n) is 3.71. The molecule has 0 aliphatic carbocycles. The van der Waals surface area contributed by atoms with Crippen LogP contribution in [0, 0.1) is 6.92 Å². The Morgan fingerprint density at radius 1 is 1.22 bits per heavy atom. The van der Waals surface area contributed by atoms with Gasteiger partial charge in [0.1, 0.15) is 5.82 Å². The molecular formula is C14H16F3N5S. The van der Waals surface area contributed by atoms with Gasteiger partial charge in [-0.3, -0.25) is 0 Å². The van der Waals surface area contributed by atoms with E-state index in [1.165, 1.54) is 0 Å². The molecule has 0 amide bonds. The molecule has 0 radical (unpaired) electrons. The summed E-state index contributed by atoms with van der Waals surface area (Å²) in [6.07, 6.45) is -0.968. The molecule has 1 aliphatic heterocycles. The number of anilines is 2. The lowest BCUT2D eigenvalue weighted by Crippen LogP contribution is -2.39. The average molecular weight is 343 g/mol. The Balaban J connectivity index is 1.55. The van der Waals surface area contributed by atoms with Crippen LogP contribution in [-0.2, 0) is 6.18 Å². The molecular weight excluding hydrogens is 327 g/mol. The van der Waals surface area contributed by atoms with Gasteiger partial charge in [0.15, 0.2) is 0 Å². The van der Waals surface area contributed by atoms with Crippen LogP contribution in [0.15, 0.2) is 18.3 Å². The van der Waals surface area contributed by atoms with Crippen molar-refractivity contribution in [2.24, 2.45) is 0 Å². The van der Waals surface area contributed by atoms with Crippen molar-refractivity contribution in [3.8, 4) is 0 Å². The summed E-state index contributed by atoms with van der Waals surface area (Å²) >= 11 is 0.548. The molecule has 0 unspecified atom stereocenters. The number of hydrogen-bond donors (Lipinski definition) is 1. The van der Waals surface area contributed by atoms with E-state index in [0.29, 0.717) is 11.3 Å². The summed E-state index contributed by atoms with van der Waals surface area (Å²) in [5.74, 6) is 0.935. The molecule has 0 spiro atoms. The largest absolute Gasteiger partial charge is 0.445 e. The van der Waals surface area contributed by atoms with Gasteiger partial charge in [0, 0.05) is 25.3 Å². The molecule has 23 heavy (non-hydrogen) atoms. The highest BCUT2D eigenvalue weighted by Crippen LogP contribution is 2.33. The minimum absolute atomic E-state index is 0.103. The van der Waals surface area contributed by atoms with Crippen molar-refractivity contribution in [1.29, 1.82) is 0 Å². The van der Waals surface area contributed by atoms with Crippen molar-refractivity contribution in [2.45, 2.75) is 32.0 Å². The highest BCUT2D eigenvalue weighted by Gasteiger charge is 2.36. The number of nitrogens with zero attached hydrogens (tertiary/aromatic N) is 4. The molecule has 3 heterocycles. The smallest absolute Gasteiger partial charge is 0.357 e. The molecule has 1 saturated heterocycles. The zero-order chi connectivity index (χ0) is 16.4. The van der Waals surface area contributed by atoms with Gasteiger partial charge in [-0.05, 0) is 31.4 Å². The number of piperidine rings is 1. The molecule has 5 nitrogen and oxygen atoms in total. The minimum atomic E-state index is -4.43. The average Bonchev–Trinajstić information content (AvgIpc) is 2.98. The first-order valence-electron chi connectivity index (χ1n) is 7.26. The van der Waals surface area contributed by atoms with Gasteiger partial charge in [-0.2, -0.15) is 13.2 Å². The van der Waals surface area contributed by atoms with E-state index in [1.807, 2.05) is 25.3 Å². The lowest BCUT2D eigenvalue weighted by molar-refractivity contribution is -0.138. The highest BCUT2D eigenvalue weighted by molar-refractivity contribution is 7.15. The summed E-state index contributed by atoms with van der Waals surface area (Å²) in [4.78, 5) is 6.58. The zero-order valence-corrected chi connectivity index (χ0v) is 13.3. The number of pyridine rings is 1. The topological polar surface area (TPSA) is 53.9 Å². The van der Waals surface area contributed by atoms with Gasteiger partial charge < -0.3 is 10.2 Å². The van der Waals surface area contributed by atoms with Gasteiger partial charge in [0.2, 0.25) is 10.1 Å². The number of aromatic nitrogens is 3.